The maximum absolute atomic E-state index is 11.7. The number of hydrogen-bond acceptors (Lipinski definition) is 6. The molecule has 0 spiro atoms. The smallest absolute Gasteiger partial charge is 0.548 e. The maximum atomic E-state index is 11.7. The minimum atomic E-state index is -1.17. The Hall–Kier alpha value is -1.77. The Kier molecular flexibility index (Phi) is 9.45. The Balaban J connectivity index is 0.00000320. The summed E-state index contributed by atoms with van der Waals surface area (Å²) in [6.07, 6.45) is 1.70. The van der Waals surface area contributed by atoms with Crippen LogP contribution >= 0.6 is 11.8 Å². The van der Waals surface area contributed by atoms with E-state index in [1.165, 1.54) is 0 Å². The monoisotopic (exact) mass is 433 g/mol. The fraction of sp³-hybridized carbons (Fsp3) is 0.273. The van der Waals surface area contributed by atoms with Gasteiger partial charge in [0.05, 0.1) is 30.5 Å². The number of thioether (sulfide) groups is 1. The first-order valence-electron chi connectivity index (χ1n) is 9.43. The Labute approximate surface area is 203 Å². The summed E-state index contributed by atoms with van der Waals surface area (Å²) >= 11 is 1.63. The first-order chi connectivity index (χ1) is 14.0. The predicted molar refractivity (Wildman–Crippen MR) is 113 cm³/mol. The van der Waals surface area contributed by atoms with E-state index >= 15 is 0 Å². The van der Waals surface area contributed by atoms with E-state index in [1.54, 1.807) is 24.0 Å². The van der Waals surface area contributed by atoms with E-state index in [-0.39, 0.29) is 36.2 Å². The van der Waals surface area contributed by atoms with Gasteiger partial charge in [-0.2, -0.15) is 0 Å². The summed E-state index contributed by atoms with van der Waals surface area (Å²) in [4.78, 5) is 16.1. The van der Waals surface area contributed by atoms with Crippen LogP contribution in [-0.4, -0.2) is 26.4 Å². The zero-order chi connectivity index (χ0) is 20.8. The minimum absolute atomic E-state index is 0. The number of carbonyl (C=O) groups excluding carboxylic acids is 1. The van der Waals surface area contributed by atoms with E-state index in [0.29, 0.717) is 17.8 Å². The van der Waals surface area contributed by atoms with Crippen molar-refractivity contribution in [3.63, 3.8) is 0 Å². The quantitative estimate of drug-likeness (QED) is 0.357. The van der Waals surface area contributed by atoms with Crippen molar-refractivity contribution in [2.75, 3.05) is 11.1 Å². The molecule has 0 bridgehead atoms. The van der Waals surface area contributed by atoms with Crippen LogP contribution in [0.15, 0.2) is 59.9 Å². The molecule has 3 rings (SSSR count). The molecular weight excluding hydrogens is 409 g/mol. The van der Waals surface area contributed by atoms with Crippen LogP contribution < -0.4 is 40.0 Å². The van der Waals surface area contributed by atoms with Crippen LogP contribution in [0.2, 0.25) is 0 Å². The van der Waals surface area contributed by atoms with Gasteiger partial charge < -0.3 is 24.9 Å². The molecule has 152 valence electrons. The first-order valence-corrected chi connectivity index (χ1v) is 10.4. The molecule has 0 saturated carbocycles. The molecule has 6 nitrogen and oxygen atoms in total. The van der Waals surface area contributed by atoms with Crippen molar-refractivity contribution in [3.05, 3.63) is 77.1 Å². The molecule has 2 N–H and O–H groups in total. The third-order valence-electron chi connectivity index (χ3n) is 4.68. The average Bonchev–Trinajstić information content (AvgIpc) is 3.09. The Morgan fingerprint density at radius 1 is 1.23 bits per heavy atom. The zero-order valence-corrected chi connectivity index (χ0v) is 20.3. The summed E-state index contributed by atoms with van der Waals surface area (Å²) in [7, 11) is 0. The molecule has 2 aromatic carbocycles. The van der Waals surface area contributed by atoms with Gasteiger partial charge in [0.15, 0.2) is 5.16 Å². The van der Waals surface area contributed by atoms with Crippen LogP contribution in [0, 0.1) is 6.92 Å². The first kappa shape index (κ1) is 24.5. The van der Waals surface area contributed by atoms with Gasteiger partial charge in [-0.3, -0.25) is 0 Å². The van der Waals surface area contributed by atoms with E-state index in [2.05, 4.69) is 17.2 Å². The van der Waals surface area contributed by atoms with E-state index in [4.69, 9.17) is 0 Å². The van der Waals surface area contributed by atoms with E-state index in [1.807, 2.05) is 54.0 Å². The molecule has 1 aromatic heterocycles. The molecule has 0 radical (unpaired) electrons. The van der Waals surface area contributed by atoms with Gasteiger partial charge >= 0.3 is 29.6 Å². The van der Waals surface area contributed by atoms with Crippen molar-refractivity contribution in [1.82, 2.24) is 9.55 Å². The van der Waals surface area contributed by atoms with Crippen molar-refractivity contribution in [3.8, 4) is 0 Å². The molecule has 30 heavy (non-hydrogen) atoms. The average molecular weight is 434 g/mol. The predicted octanol–water partition coefficient (Wildman–Crippen LogP) is -0.249. The molecule has 1 heterocycles. The number of aliphatic hydroxyl groups is 1. The number of nitrogens with zero attached hydrogens (tertiary/aromatic N) is 2. The summed E-state index contributed by atoms with van der Waals surface area (Å²) in [6.45, 7) is 4.46. The van der Waals surface area contributed by atoms with Gasteiger partial charge in [0.2, 0.25) is 0 Å². The number of anilines is 1. The number of aryl methyl sites for hydroxylation is 1. The third kappa shape index (κ3) is 5.89. The van der Waals surface area contributed by atoms with Crippen molar-refractivity contribution in [2.24, 2.45) is 0 Å². The van der Waals surface area contributed by atoms with Crippen molar-refractivity contribution in [2.45, 2.75) is 38.2 Å². The van der Waals surface area contributed by atoms with Gasteiger partial charge in [0.1, 0.15) is 0 Å². The molecule has 0 fully saturated rings. The topological polar surface area (TPSA) is 90.2 Å². The van der Waals surface area contributed by atoms with Crippen LogP contribution in [0.1, 0.15) is 35.3 Å². The molecule has 8 heteroatoms. The number of aliphatic hydroxyl groups excluding tert-OH is 1. The van der Waals surface area contributed by atoms with Gasteiger partial charge in [-0.1, -0.05) is 55.1 Å². The molecular formula is C22H24N3NaO3S. The summed E-state index contributed by atoms with van der Waals surface area (Å²) in [5.74, 6) is -0.274. The van der Waals surface area contributed by atoms with Crippen LogP contribution in [0.5, 0.6) is 0 Å². The van der Waals surface area contributed by atoms with E-state index in [0.717, 1.165) is 27.7 Å². The molecule has 0 aliphatic heterocycles. The van der Waals surface area contributed by atoms with Crippen molar-refractivity contribution >= 4 is 23.4 Å². The SMILES string of the molecule is CCSc1ncc(CO)n1Cc1ccc(NC(C(=O)[O-])c2ccccc2C)cc1.[Na+]. The summed E-state index contributed by atoms with van der Waals surface area (Å²) < 4.78 is 1.99. The number of imidazole rings is 1. The number of rotatable bonds is 9. The number of aromatic nitrogens is 2. The van der Waals surface area contributed by atoms with Crippen LogP contribution in [0.3, 0.4) is 0 Å². The van der Waals surface area contributed by atoms with Crippen molar-refractivity contribution < 1.29 is 44.6 Å². The number of hydrogen-bond donors (Lipinski definition) is 2. The largest absolute Gasteiger partial charge is 1.00 e. The minimum Gasteiger partial charge on any atom is -0.548 e. The fourth-order valence-corrected chi connectivity index (χ4v) is 3.88. The van der Waals surface area contributed by atoms with Crippen molar-refractivity contribution in [1.29, 1.82) is 0 Å². The number of aliphatic carboxylic acids is 1. The van der Waals surface area contributed by atoms with E-state index in [9.17, 15) is 15.0 Å². The van der Waals surface area contributed by atoms with Gasteiger partial charge in [-0.15, -0.1) is 0 Å². The Bertz CT molecular complexity index is 976. The molecule has 0 aliphatic rings. The van der Waals surface area contributed by atoms with E-state index < -0.39 is 12.0 Å². The fourth-order valence-electron chi connectivity index (χ4n) is 3.16. The molecule has 0 amide bonds. The maximum Gasteiger partial charge on any atom is 1.00 e. The standard InChI is InChI=1S/C22H25N3O3S.Na/c1-3-29-22-23-12-18(14-26)25(22)13-16-8-10-17(11-9-16)24-20(21(27)28)19-7-5-4-6-15(19)2;/h4-12,20,24,26H,3,13-14H2,1-2H3,(H,27,28);/q;+1/p-1. The molecule has 1 unspecified atom stereocenters. The normalized spacial score (nSPS) is 11.6. The van der Waals surface area contributed by atoms with Gasteiger partial charge in [0, 0.05) is 12.2 Å². The second kappa shape index (κ2) is 11.6. The number of carboxylic acids is 1. The zero-order valence-electron chi connectivity index (χ0n) is 17.5. The second-order valence-electron chi connectivity index (χ2n) is 6.66. The third-order valence-corrected chi connectivity index (χ3v) is 5.55. The number of carboxylic acid groups (broad SMARTS) is 1. The molecule has 1 atom stereocenters. The molecule has 3 aromatic rings. The number of benzene rings is 2. The van der Waals surface area contributed by atoms with Crippen LogP contribution in [-0.2, 0) is 17.9 Å². The molecule has 0 aliphatic carbocycles. The summed E-state index contributed by atoms with van der Waals surface area (Å²) in [5.41, 5.74) is 4.07. The van der Waals surface area contributed by atoms with Crippen LogP contribution in [0.4, 0.5) is 5.69 Å². The number of carbonyl (C=O) groups is 1. The van der Waals surface area contributed by atoms with Gasteiger partial charge in [-0.25, -0.2) is 4.98 Å². The summed E-state index contributed by atoms with van der Waals surface area (Å²) in [5, 5.41) is 25.2. The van der Waals surface area contributed by atoms with Gasteiger partial charge in [0.25, 0.3) is 0 Å². The van der Waals surface area contributed by atoms with Crippen LogP contribution in [0.25, 0.3) is 0 Å². The summed E-state index contributed by atoms with van der Waals surface area (Å²) in [6, 6.07) is 14.0. The molecule has 0 saturated heterocycles. The Morgan fingerprint density at radius 3 is 2.53 bits per heavy atom. The Morgan fingerprint density at radius 2 is 1.93 bits per heavy atom. The number of nitrogens with one attached hydrogen (secondary N) is 1. The second-order valence-corrected chi connectivity index (χ2v) is 7.89. The van der Waals surface area contributed by atoms with Gasteiger partial charge in [-0.05, 0) is 41.5 Å².